The zero-order chi connectivity index (χ0) is 38.2. The molecule has 0 saturated carbocycles. The number of ether oxygens (including phenoxy) is 1. The maximum Gasteiger partial charge on any atom is 0.345 e. The number of pyridine rings is 1. The van der Waals surface area contributed by atoms with Crippen LogP contribution in [0.5, 0.6) is 11.5 Å². The largest absolute Gasteiger partial charge is 0.506 e. The van der Waals surface area contributed by atoms with Crippen LogP contribution in [-0.4, -0.2) is 86.9 Å². The lowest BCUT2D eigenvalue weighted by atomic mass is 9.86. The molecule has 1 aliphatic rings. The fraction of sp³-hybridized carbons (Fsp3) is 0.268. The second-order valence-electron chi connectivity index (χ2n) is 13.3. The highest BCUT2D eigenvalue weighted by Gasteiger charge is 2.40. The van der Waals surface area contributed by atoms with Crippen molar-refractivity contribution in [3.63, 3.8) is 0 Å². The van der Waals surface area contributed by atoms with E-state index < -0.39 is 17.7 Å². The number of hydrogen-bond donors (Lipinski definition) is 7. The van der Waals surface area contributed by atoms with Gasteiger partial charge >= 0.3 is 5.97 Å². The summed E-state index contributed by atoms with van der Waals surface area (Å²) in [6, 6.07) is 27.4. The lowest BCUT2D eigenvalue weighted by Crippen LogP contribution is -2.47. The average molecular weight is 735 g/mol. The molecule has 2 unspecified atom stereocenters. The third-order valence-electron chi connectivity index (χ3n) is 9.66. The number of carbonyl (C=O) groups is 3. The minimum atomic E-state index is -2.29. The molecule has 2 atom stereocenters. The number of aromatic amines is 1. The molecule has 4 aromatic carbocycles. The molecular weight excluding hydrogens is 692 g/mol. The number of aliphatic hydroxyl groups excluding tert-OH is 1. The fourth-order valence-electron chi connectivity index (χ4n) is 6.68. The Morgan fingerprint density at radius 2 is 1.63 bits per heavy atom. The van der Waals surface area contributed by atoms with Crippen molar-refractivity contribution >= 4 is 28.7 Å². The van der Waals surface area contributed by atoms with Crippen molar-refractivity contribution in [3.8, 4) is 11.5 Å². The van der Waals surface area contributed by atoms with Crippen molar-refractivity contribution in [2.45, 2.75) is 37.0 Å². The standard InChI is InChI=1S/C41H42N4O9/c46-34-15-13-32(33-14-16-36(48)44-38(33)34)35(47)24-42-20-17-26-9-11-27(12-10-26)39(50)45-21-18-30(19-22-45)43-37(49)25-54-31-8-4-7-29(23-31)41(53,40(51)52)28-5-2-1-3-6-28/h1-16,23,30,35,42,46-47,53H,17-22,24-25H2,(H,43,49)(H,44,48)(H,51,52). The molecule has 1 aliphatic heterocycles. The van der Waals surface area contributed by atoms with E-state index >= 15 is 0 Å². The normalized spacial score (nSPS) is 15.0. The number of likely N-dealkylation sites (tertiary alicyclic amines) is 1. The Bertz CT molecular complexity index is 2170. The number of piperidine rings is 1. The van der Waals surface area contributed by atoms with Gasteiger partial charge in [0.25, 0.3) is 11.8 Å². The number of carboxylic acids is 1. The lowest BCUT2D eigenvalue weighted by molar-refractivity contribution is -0.155. The van der Waals surface area contributed by atoms with Crippen LogP contribution in [0.25, 0.3) is 10.9 Å². The Balaban J connectivity index is 0.922. The molecule has 2 amide bonds. The van der Waals surface area contributed by atoms with Crippen molar-refractivity contribution in [1.82, 2.24) is 20.5 Å². The first-order valence-electron chi connectivity index (χ1n) is 17.7. The molecule has 1 aromatic heterocycles. The number of benzene rings is 4. The van der Waals surface area contributed by atoms with Crippen LogP contribution in [0, 0.1) is 0 Å². The zero-order valence-corrected chi connectivity index (χ0v) is 29.4. The van der Waals surface area contributed by atoms with Crippen molar-refractivity contribution in [2.24, 2.45) is 0 Å². The summed E-state index contributed by atoms with van der Waals surface area (Å²) in [7, 11) is 0. The summed E-state index contributed by atoms with van der Waals surface area (Å²) in [5.41, 5.74) is 0.114. The van der Waals surface area contributed by atoms with Crippen molar-refractivity contribution in [1.29, 1.82) is 0 Å². The monoisotopic (exact) mass is 734 g/mol. The number of rotatable bonds is 14. The van der Waals surface area contributed by atoms with Gasteiger partial charge in [-0.1, -0.05) is 60.7 Å². The van der Waals surface area contributed by atoms with E-state index in [-0.39, 0.29) is 64.7 Å². The van der Waals surface area contributed by atoms with Gasteiger partial charge in [0, 0.05) is 48.3 Å². The fourth-order valence-corrected chi connectivity index (χ4v) is 6.68. The Labute approximate surface area is 310 Å². The number of amides is 2. The van der Waals surface area contributed by atoms with Crippen LogP contribution in [0.3, 0.4) is 0 Å². The highest BCUT2D eigenvalue weighted by atomic mass is 16.5. The van der Waals surface area contributed by atoms with E-state index in [2.05, 4.69) is 15.6 Å². The molecule has 0 aliphatic carbocycles. The summed E-state index contributed by atoms with van der Waals surface area (Å²) in [5, 5.41) is 48.6. The minimum absolute atomic E-state index is 0.0634. The Hall–Kier alpha value is -6.02. The maximum atomic E-state index is 13.2. The Morgan fingerprint density at radius 1 is 0.907 bits per heavy atom. The number of aromatic nitrogens is 1. The summed E-state index contributed by atoms with van der Waals surface area (Å²) < 4.78 is 5.65. The van der Waals surface area contributed by atoms with Gasteiger partial charge in [0.05, 0.1) is 11.6 Å². The summed E-state index contributed by atoms with van der Waals surface area (Å²) >= 11 is 0. The van der Waals surface area contributed by atoms with Gasteiger partial charge in [-0.3, -0.25) is 14.4 Å². The number of phenols is 1. The average Bonchev–Trinajstić information content (AvgIpc) is 3.19. The van der Waals surface area contributed by atoms with E-state index in [4.69, 9.17) is 4.74 Å². The number of fused-ring (bicyclic) bond motifs is 1. The van der Waals surface area contributed by atoms with E-state index in [1.807, 2.05) is 12.1 Å². The molecular formula is C41H42N4O9. The Morgan fingerprint density at radius 3 is 2.35 bits per heavy atom. The van der Waals surface area contributed by atoms with Crippen LogP contribution >= 0.6 is 0 Å². The first kappa shape index (κ1) is 37.7. The number of aliphatic carboxylic acids is 1. The third kappa shape index (κ3) is 8.60. The zero-order valence-electron chi connectivity index (χ0n) is 29.4. The predicted molar refractivity (Wildman–Crippen MR) is 200 cm³/mol. The second-order valence-corrected chi connectivity index (χ2v) is 13.3. The predicted octanol–water partition coefficient (Wildman–Crippen LogP) is 3.22. The number of hydrogen-bond acceptors (Lipinski definition) is 9. The summed E-state index contributed by atoms with van der Waals surface area (Å²) in [6.45, 7) is 1.49. The molecule has 5 aromatic rings. The molecule has 54 heavy (non-hydrogen) atoms. The number of carboxylic acid groups (broad SMARTS) is 1. The van der Waals surface area contributed by atoms with Gasteiger partial charge < -0.3 is 45.7 Å². The second kappa shape index (κ2) is 16.8. The van der Waals surface area contributed by atoms with Gasteiger partial charge in [0.1, 0.15) is 11.5 Å². The highest BCUT2D eigenvalue weighted by molar-refractivity contribution is 5.94. The number of aliphatic hydroxyl groups is 2. The molecule has 1 saturated heterocycles. The van der Waals surface area contributed by atoms with Crippen LogP contribution in [0.15, 0.2) is 108 Å². The molecule has 0 spiro atoms. The van der Waals surface area contributed by atoms with E-state index in [1.54, 1.807) is 59.5 Å². The van der Waals surface area contributed by atoms with Gasteiger partial charge in [0.15, 0.2) is 6.61 Å². The molecule has 7 N–H and O–H groups in total. The molecule has 13 nitrogen and oxygen atoms in total. The van der Waals surface area contributed by atoms with Crippen molar-refractivity contribution < 1.29 is 39.5 Å². The van der Waals surface area contributed by atoms with Gasteiger partial charge in [-0.25, -0.2) is 4.79 Å². The lowest BCUT2D eigenvalue weighted by Gasteiger charge is -2.32. The summed E-state index contributed by atoms with van der Waals surface area (Å²) in [5.74, 6) is -1.71. The molecule has 13 heteroatoms. The van der Waals surface area contributed by atoms with Crippen LogP contribution < -0.4 is 20.9 Å². The Kier molecular flexibility index (Phi) is 11.7. The summed E-state index contributed by atoms with van der Waals surface area (Å²) in [6.07, 6.45) is 0.958. The minimum Gasteiger partial charge on any atom is -0.506 e. The number of nitrogens with one attached hydrogen (secondary N) is 3. The molecule has 1 fully saturated rings. The van der Waals surface area contributed by atoms with Crippen LogP contribution in [0.2, 0.25) is 0 Å². The first-order chi connectivity index (χ1) is 26.0. The number of nitrogens with zero attached hydrogens (tertiary/aromatic N) is 1. The maximum absolute atomic E-state index is 13.2. The van der Waals surface area contributed by atoms with E-state index in [0.29, 0.717) is 55.4 Å². The van der Waals surface area contributed by atoms with Crippen LogP contribution in [0.4, 0.5) is 0 Å². The van der Waals surface area contributed by atoms with Gasteiger partial charge in [-0.2, -0.15) is 0 Å². The van der Waals surface area contributed by atoms with Gasteiger partial charge in [0.2, 0.25) is 11.2 Å². The topological polar surface area (TPSA) is 202 Å². The number of aromatic hydroxyl groups is 1. The van der Waals surface area contributed by atoms with E-state index in [0.717, 1.165) is 5.56 Å². The smallest absolute Gasteiger partial charge is 0.345 e. The van der Waals surface area contributed by atoms with Gasteiger partial charge in [-0.05, 0) is 78.9 Å². The van der Waals surface area contributed by atoms with Gasteiger partial charge in [-0.15, -0.1) is 0 Å². The molecule has 6 rings (SSSR count). The third-order valence-corrected chi connectivity index (χ3v) is 9.66. The quantitative estimate of drug-likeness (QED) is 0.0831. The number of phenolic OH excluding ortho intramolecular Hbond substituents is 1. The molecule has 2 heterocycles. The number of H-pyrrole nitrogens is 1. The molecule has 280 valence electrons. The molecule has 0 bridgehead atoms. The number of carbonyl (C=O) groups excluding carboxylic acids is 2. The highest BCUT2D eigenvalue weighted by Crippen LogP contribution is 2.32. The first-order valence-corrected chi connectivity index (χ1v) is 17.7. The van der Waals surface area contributed by atoms with E-state index in [1.165, 1.54) is 36.4 Å². The van der Waals surface area contributed by atoms with E-state index in [9.17, 15) is 39.6 Å². The van der Waals surface area contributed by atoms with Crippen LogP contribution in [-0.2, 0) is 21.6 Å². The van der Waals surface area contributed by atoms with Crippen LogP contribution in [0.1, 0.15) is 51.6 Å². The van der Waals surface area contributed by atoms with Crippen molar-refractivity contribution in [2.75, 3.05) is 32.8 Å². The summed E-state index contributed by atoms with van der Waals surface area (Å²) in [4.78, 5) is 54.1. The van der Waals surface area contributed by atoms with Crippen molar-refractivity contribution in [3.05, 3.63) is 141 Å². The molecule has 0 radical (unpaired) electrons. The SMILES string of the molecule is O=C(COc1cccc(C(O)(C(=O)O)c2ccccc2)c1)NC1CCN(C(=O)c2ccc(CCNCC(O)c3ccc(O)c4[nH]c(=O)ccc34)cc2)CC1.